The van der Waals surface area contributed by atoms with Gasteiger partial charge >= 0.3 is 0 Å². The van der Waals surface area contributed by atoms with E-state index in [2.05, 4.69) is 20.9 Å². The summed E-state index contributed by atoms with van der Waals surface area (Å²) in [4.78, 5) is 3.66. The monoisotopic (exact) mass is 270 g/mol. The standard InChI is InChI=1S/C10H8BrFN2O/c11-7-2-4-15-10(7)9(13)6-1-3-14-5-8(6)12/h1-5,9H,13H2. The first kappa shape index (κ1) is 10.3. The van der Waals surface area contributed by atoms with Crippen LogP contribution in [-0.4, -0.2) is 4.98 Å². The van der Waals surface area contributed by atoms with Crippen molar-refractivity contribution < 1.29 is 8.81 Å². The lowest BCUT2D eigenvalue weighted by atomic mass is 10.1. The molecule has 78 valence electrons. The molecule has 0 saturated carbocycles. The minimum Gasteiger partial charge on any atom is -0.466 e. The molecule has 2 aromatic rings. The Labute approximate surface area is 94.2 Å². The number of furan rings is 1. The van der Waals surface area contributed by atoms with Gasteiger partial charge in [0.25, 0.3) is 0 Å². The van der Waals surface area contributed by atoms with Gasteiger partial charge in [0.1, 0.15) is 11.6 Å². The second-order valence-electron chi connectivity index (χ2n) is 3.01. The van der Waals surface area contributed by atoms with E-state index in [4.69, 9.17) is 10.2 Å². The van der Waals surface area contributed by atoms with Gasteiger partial charge in [0.15, 0.2) is 0 Å². The summed E-state index contributed by atoms with van der Waals surface area (Å²) >= 11 is 3.28. The topological polar surface area (TPSA) is 52.0 Å². The number of hydrogen-bond acceptors (Lipinski definition) is 3. The minimum absolute atomic E-state index is 0.362. The van der Waals surface area contributed by atoms with Crippen LogP contribution in [-0.2, 0) is 0 Å². The normalized spacial score (nSPS) is 12.7. The first-order chi connectivity index (χ1) is 7.20. The second-order valence-corrected chi connectivity index (χ2v) is 3.86. The zero-order valence-electron chi connectivity index (χ0n) is 7.65. The fourth-order valence-electron chi connectivity index (χ4n) is 1.31. The van der Waals surface area contributed by atoms with Crippen LogP contribution >= 0.6 is 15.9 Å². The van der Waals surface area contributed by atoms with Crippen LogP contribution in [0.5, 0.6) is 0 Å². The van der Waals surface area contributed by atoms with Crippen molar-refractivity contribution in [2.45, 2.75) is 6.04 Å². The van der Waals surface area contributed by atoms with E-state index in [1.54, 1.807) is 6.07 Å². The molecule has 0 radical (unpaired) electrons. The quantitative estimate of drug-likeness (QED) is 0.913. The van der Waals surface area contributed by atoms with Crippen molar-refractivity contribution in [1.82, 2.24) is 4.98 Å². The molecule has 0 aromatic carbocycles. The van der Waals surface area contributed by atoms with Crippen molar-refractivity contribution in [3.8, 4) is 0 Å². The lowest BCUT2D eigenvalue weighted by Crippen LogP contribution is -2.13. The Morgan fingerprint density at radius 3 is 2.87 bits per heavy atom. The highest BCUT2D eigenvalue weighted by atomic mass is 79.9. The summed E-state index contributed by atoms with van der Waals surface area (Å²) in [6.45, 7) is 0. The number of aromatic nitrogens is 1. The van der Waals surface area contributed by atoms with Crippen LogP contribution in [0.4, 0.5) is 4.39 Å². The van der Waals surface area contributed by atoms with Gasteiger partial charge in [0.05, 0.1) is 23.0 Å². The molecule has 0 saturated heterocycles. The van der Waals surface area contributed by atoms with Gasteiger partial charge in [-0.3, -0.25) is 4.98 Å². The Hall–Kier alpha value is -1.20. The molecule has 2 aromatic heterocycles. The summed E-state index contributed by atoms with van der Waals surface area (Å²) in [5.41, 5.74) is 6.23. The molecule has 2 N–H and O–H groups in total. The van der Waals surface area contributed by atoms with E-state index in [-0.39, 0.29) is 0 Å². The number of pyridine rings is 1. The van der Waals surface area contributed by atoms with Crippen molar-refractivity contribution in [3.63, 3.8) is 0 Å². The average Bonchev–Trinajstić information content (AvgIpc) is 2.64. The van der Waals surface area contributed by atoms with Crippen LogP contribution in [0.2, 0.25) is 0 Å². The van der Waals surface area contributed by atoms with E-state index in [0.717, 1.165) is 10.7 Å². The Morgan fingerprint density at radius 2 is 2.27 bits per heavy atom. The first-order valence-electron chi connectivity index (χ1n) is 4.28. The highest BCUT2D eigenvalue weighted by Gasteiger charge is 2.18. The van der Waals surface area contributed by atoms with E-state index in [1.807, 2.05) is 0 Å². The molecular formula is C10H8BrFN2O. The molecule has 0 aliphatic heterocycles. The Morgan fingerprint density at radius 1 is 1.47 bits per heavy atom. The lowest BCUT2D eigenvalue weighted by molar-refractivity contribution is 0.477. The maximum atomic E-state index is 13.4. The molecule has 0 fully saturated rings. The molecule has 15 heavy (non-hydrogen) atoms. The second kappa shape index (κ2) is 4.12. The SMILES string of the molecule is NC(c1ccncc1F)c1occc1Br. The smallest absolute Gasteiger partial charge is 0.146 e. The van der Waals surface area contributed by atoms with Crippen LogP contribution in [0.3, 0.4) is 0 Å². The van der Waals surface area contributed by atoms with Gasteiger partial charge < -0.3 is 10.2 Å². The molecule has 0 aliphatic rings. The number of nitrogens with zero attached hydrogens (tertiary/aromatic N) is 1. The summed E-state index contributed by atoms with van der Waals surface area (Å²) in [6.07, 6.45) is 4.12. The predicted molar refractivity (Wildman–Crippen MR) is 56.6 cm³/mol. The van der Waals surface area contributed by atoms with Crippen molar-refractivity contribution >= 4 is 15.9 Å². The van der Waals surface area contributed by atoms with E-state index in [0.29, 0.717) is 11.3 Å². The molecule has 0 spiro atoms. The summed E-state index contributed by atoms with van der Waals surface area (Å²) < 4.78 is 19.3. The van der Waals surface area contributed by atoms with Gasteiger partial charge in [-0.2, -0.15) is 0 Å². The van der Waals surface area contributed by atoms with E-state index >= 15 is 0 Å². The molecule has 2 heterocycles. The molecule has 0 bridgehead atoms. The molecule has 3 nitrogen and oxygen atoms in total. The van der Waals surface area contributed by atoms with Crippen molar-refractivity contribution in [2.24, 2.45) is 5.73 Å². The Bertz CT molecular complexity index is 472. The summed E-state index contributed by atoms with van der Waals surface area (Å²) in [6, 6.07) is 2.63. The zero-order valence-corrected chi connectivity index (χ0v) is 9.24. The largest absolute Gasteiger partial charge is 0.466 e. The van der Waals surface area contributed by atoms with Gasteiger partial charge in [-0.1, -0.05) is 0 Å². The third kappa shape index (κ3) is 1.93. The fourth-order valence-corrected chi connectivity index (χ4v) is 1.75. The number of rotatable bonds is 2. The number of hydrogen-bond donors (Lipinski definition) is 1. The van der Waals surface area contributed by atoms with Crippen molar-refractivity contribution in [1.29, 1.82) is 0 Å². The van der Waals surface area contributed by atoms with Crippen LogP contribution in [0, 0.1) is 5.82 Å². The summed E-state index contributed by atoms with van der Waals surface area (Å²) in [7, 11) is 0. The zero-order chi connectivity index (χ0) is 10.8. The molecule has 0 aliphatic carbocycles. The van der Waals surface area contributed by atoms with Crippen LogP contribution in [0.15, 0.2) is 39.7 Å². The Kier molecular flexibility index (Phi) is 2.83. The van der Waals surface area contributed by atoms with Crippen LogP contribution in [0.1, 0.15) is 17.4 Å². The van der Waals surface area contributed by atoms with Gasteiger partial charge in [-0.25, -0.2) is 4.39 Å². The van der Waals surface area contributed by atoms with Gasteiger partial charge in [-0.15, -0.1) is 0 Å². The van der Waals surface area contributed by atoms with Gasteiger partial charge in [-0.05, 0) is 28.1 Å². The number of halogens is 2. The fraction of sp³-hybridized carbons (Fsp3) is 0.100. The highest BCUT2D eigenvalue weighted by Crippen LogP contribution is 2.28. The summed E-state index contributed by atoms with van der Waals surface area (Å²) in [5.74, 6) is 0.0633. The van der Waals surface area contributed by atoms with Gasteiger partial charge in [0, 0.05) is 11.8 Å². The Balaban J connectivity index is 2.41. The lowest BCUT2D eigenvalue weighted by Gasteiger charge is -2.10. The van der Waals surface area contributed by atoms with E-state index < -0.39 is 11.9 Å². The maximum Gasteiger partial charge on any atom is 0.146 e. The van der Waals surface area contributed by atoms with Crippen molar-refractivity contribution in [2.75, 3.05) is 0 Å². The first-order valence-corrected chi connectivity index (χ1v) is 5.07. The third-order valence-corrected chi connectivity index (χ3v) is 2.72. The third-order valence-electron chi connectivity index (χ3n) is 2.07. The maximum absolute atomic E-state index is 13.4. The predicted octanol–water partition coefficient (Wildman–Crippen LogP) is 2.62. The molecule has 1 atom stereocenters. The minimum atomic E-state index is -0.627. The summed E-state index contributed by atoms with van der Waals surface area (Å²) in [5, 5.41) is 0. The molecule has 5 heteroatoms. The molecule has 2 rings (SSSR count). The van der Waals surface area contributed by atoms with Crippen molar-refractivity contribution in [3.05, 3.63) is 52.4 Å². The van der Waals surface area contributed by atoms with Crippen LogP contribution < -0.4 is 5.73 Å². The molecule has 1 unspecified atom stereocenters. The van der Waals surface area contributed by atoms with Gasteiger partial charge in [0.2, 0.25) is 0 Å². The van der Waals surface area contributed by atoms with E-state index in [9.17, 15) is 4.39 Å². The highest BCUT2D eigenvalue weighted by molar-refractivity contribution is 9.10. The van der Waals surface area contributed by atoms with Crippen LogP contribution in [0.25, 0.3) is 0 Å². The average molecular weight is 271 g/mol. The molecule has 0 amide bonds. The molecular weight excluding hydrogens is 263 g/mol. The van der Waals surface area contributed by atoms with E-state index in [1.165, 1.54) is 18.5 Å². The number of nitrogens with two attached hydrogens (primary N) is 1.